The zero-order valence-electron chi connectivity index (χ0n) is 26.0. The second-order valence-electron chi connectivity index (χ2n) is 14.6. The average molecular weight is 545 g/mol. The lowest BCUT2D eigenvalue weighted by Gasteiger charge is -2.56. The molecule has 7 nitrogen and oxygen atoms in total. The minimum Gasteiger partial charge on any atom is -0.464 e. The highest BCUT2D eigenvalue weighted by Gasteiger charge is 2.53. The zero-order chi connectivity index (χ0) is 29.0. The molecule has 4 fully saturated rings. The SMILES string of the molecule is CCC(C)(BCC(BCC(C)C(=O)OC(C)(C)C)C(=O)OC12CC3CC(CC(C3)C1)C2)C(=O)OCCN(C)C. The monoisotopic (exact) mass is 545 g/mol. The molecule has 3 unspecified atom stereocenters. The Morgan fingerprint density at radius 2 is 1.51 bits per heavy atom. The fourth-order valence-corrected chi connectivity index (χ4v) is 7.22. The van der Waals surface area contributed by atoms with Gasteiger partial charge in [-0.3, -0.25) is 14.4 Å². The van der Waals surface area contributed by atoms with E-state index in [-0.39, 0.29) is 35.2 Å². The van der Waals surface area contributed by atoms with Gasteiger partial charge >= 0.3 is 17.9 Å². The van der Waals surface area contributed by atoms with Crippen molar-refractivity contribution < 1.29 is 28.6 Å². The molecule has 3 atom stereocenters. The van der Waals surface area contributed by atoms with Crippen LogP contribution in [0.3, 0.4) is 0 Å². The van der Waals surface area contributed by atoms with Gasteiger partial charge in [0.15, 0.2) is 0 Å². The Morgan fingerprint density at radius 3 is 2.00 bits per heavy atom. The fourth-order valence-electron chi connectivity index (χ4n) is 7.22. The molecule has 0 heterocycles. The summed E-state index contributed by atoms with van der Waals surface area (Å²) < 4.78 is 17.7. The fraction of sp³-hybridized carbons (Fsp3) is 0.900. The van der Waals surface area contributed by atoms with Crippen LogP contribution in [0.15, 0.2) is 0 Å². The molecule has 0 aromatic heterocycles. The molecule has 0 radical (unpaired) electrons. The molecule has 39 heavy (non-hydrogen) atoms. The second-order valence-corrected chi connectivity index (χ2v) is 14.6. The van der Waals surface area contributed by atoms with E-state index in [2.05, 4.69) is 0 Å². The molecular formula is C30H53B2NO6. The lowest BCUT2D eigenvalue weighted by Crippen LogP contribution is -2.53. The van der Waals surface area contributed by atoms with Crippen molar-refractivity contribution in [3.63, 3.8) is 0 Å². The molecule has 0 aliphatic heterocycles. The van der Waals surface area contributed by atoms with E-state index in [1.54, 1.807) is 0 Å². The average Bonchev–Trinajstić information content (AvgIpc) is 2.80. The van der Waals surface area contributed by atoms with Crippen LogP contribution in [0.2, 0.25) is 23.8 Å². The summed E-state index contributed by atoms with van der Waals surface area (Å²) >= 11 is 0. The molecule has 4 saturated carbocycles. The number of carbonyl (C=O) groups is 3. The van der Waals surface area contributed by atoms with Crippen molar-refractivity contribution >= 4 is 32.5 Å². The summed E-state index contributed by atoms with van der Waals surface area (Å²) in [5, 5.41) is -0.664. The number of hydrogen-bond donors (Lipinski definition) is 0. The van der Waals surface area contributed by atoms with Gasteiger partial charge in [0.1, 0.15) is 32.4 Å². The van der Waals surface area contributed by atoms with Crippen LogP contribution >= 0.6 is 0 Å². The van der Waals surface area contributed by atoms with Crippen molar-refractivity contribution in [2.24, 2.45) is 23.7 Å². The number of hydrogen-bond acceptors (Lipinski definition) is 7. The molecule has 9 heteroatoms. The lowest BCUT2D eigenvalue weighted by atomic mass is 9.43. The molecule has 4 bridgehead atoms. The van der Waals surface area contributed by atoms with E-state index >= 15 is 0 Å². The van der Waals surface area contributed by atoms with Crippen LogP contribution in [0.1, 0.15) is 86.5 Å². The van der Waals surface area contributed by atoms with E-state index < -0.39 is 10.9 Å². The Morgan fingerprint density at radius 1 is 0.949 bits per heavy atom. The highest BCUT2D eigenvalue weighted by molar-refractivity contribution is 6.52. The molecule has 0 aromatic rings. The molecular weight excluding hydrogens is 492 g/mol. The van der Waals surface area contributed by atoms with E-state index in [0.29, 0.717) is 64.5 Å². The first-order valence-electron chi connectivity index (χ1n) is 15.4. The van der Waals surface area contributed by atoms with E-state index in [1.807, 2.05) is 60.5 Å². The van der Waals surface area contributed by atoms with Gasteiger partial charge < -0.3 is 19.1 Å². The number of rotatable bonds is 14. The van der Waals surface area contributed by atoms with Crippen molar-refractivity contribution in [2.45, 2.75) is 121 Å². The summed E-state index contributed by atoms with van der Waals surface area (Å²) in [4.78, 5) is 41.5. The van der Waals surface area contributed by atoms with Gasteiger partial charge in [0, 0.05) is 23.6 Å². The largest absolute Gasteiger partial charge is 0.464 e. The Labute approximate surface area is 238 Å². The van der Waals surface area contributed by atoms with Crippen LogP contribution in [0.4, 0.5) is 0 Å². The van der Waals surface area contributed by atoms with Crippen molar-refractivity contribution in [3.8, 4) is 0 Å². The Bertz CT molecular complexity index is 837. The molecule has 0 saturated heterocycles. The predicted molar refractivity (Wildman–Crippen MR) is 158 cm³/mol. The molecule has 0 aromatic carbocycles. The number of nitrogens with zero attached hydrogens (tertiary/aromatic N) is 1. The van der Waals surface area contributed by atoms with Gasteiger partial charge in [-0.2, -0.15) is 0 Å². The highest BCUT2D eigenvalue weighted by Crippen LogP contribution is 2.57. The Balaban J connectivity index is 1.67. The number of ether oxygens (including phenoxy) is 3. The van der Waals surface area contributed by atoms with E-state index in [4.69, 9.17) is 14.2 Å². The Hall–Kier alpha value is -1.50. The number of carbonyl (C=O) groups excluding carboxylic acids is 3. The third kappa shape index (κ3) is 8.99. The van der Waals surface area contributed by atoms with Gasteiger partial charge in [-0.15, -0.1) is 0 Å². The van der Waals surface area contributed by atoms with Gasteiger partial charge in [0.25, 0.3) is 0 Å². The van der Waals surface area contributed by atoms with Gasteiger partial charge in [-0.1, -0.05) is 33.4 Å². The summed E-state index contributed by atoms with van der Waals surface area (Å²) in [6.45, 7) is 12.4. The lowest BCUT2D eigenvalue weighted by molar-refractivity contribution is -0.186. The molecule has 0 N–H and O–H groups in total. The van der Waals surface area contributed by atoms with Crippen molar-refractivity contribution in [3.05, 3.63) is 0 Å². The maximum absolute atomic E-state index is 13.8. The van der Waals surface area contributed by atoms with Crippen molar-refractivity contribution in [1.82, 2.24) is 4.90 Å². The molecule has 4 rings (SSSR count). The highest BCUT2D eigenvalue weighted by atomic mass is 16.6. The van der Waals surface area contributed by atoms with E-state index in [1.165, 1.54) is 19.3 Å². The molecule has 4 aliphatic carbocycles. The Kier molecular flexibility index (Phi) is 10.7. The zero-order valence-corrected chi connectivity index (χ0v) is 26.0. The maximum atomic E-state index is 13.8. The van der Waals surface area contributed by atoms with E-state index in [9.17, 15) is 14.4 Å². The summed E-state index contributed by atoms with van der Waals surface area (Å²) in [6, 6.07) is 0. The number of esters is 3. The van der Waals surface area contributed by atoms with E-state index in [0.717, 1.165) is 19.3 Å². The van der Waals surface area contributed by atoms with Gasteiger partial charge in [0.2, 0.25) is 0 Å². The third-order valence-corrected chi connectivity index (χ3v) is 9.48. The number of likely N-dealkylation sites (N-methyl/N-ethyl adjacent to an activating group) is 1. The summed E-state index contributed by atoms with van der Waals surface area (Å²) in [5.74, 6) is 0.810. The first-order valence-corrected chi connectivity index (χ1v) is 15.4. The van der Waals surface area contributed by atoms with Gasteiger partial charge in [-0.05, 0) is 97.6 Å². The minimum atomic E-state index is -0.664. The smallest absolute Gasteiger partial charge is 0.308 e. The summed E-state index contributed by atoms with van der Waals surface area (Å²) in [7, 11) is 4.99. The topological polar surface area (TPSA) is 82.1 Å². The van der Waals surface area contributed by atoms with Crippen LogP contribution in [0.25, 0.3) is 0 Å². The quantitative estimate of drug-likeness (QED) is 0.178. The van der Waals surface area contributed by atoms with Crippen LogP contribution in [0, 0.1) is 23.7 Å². The van der Waals surface area contributed by atoms with Crippen molar-refractivity contribution in [2.75, 3.05) is 27.2 Å². The standard InChI is InChI=1S/C30H53B2NO6/c1-9-29(6,27(36)37-11-10-33(7)8)32-19-24(31-18-20(2)25(34)38-28(3,4)5)26(35)39-30-15-21-12-22(16-30)14-23(13-21)17-30/h20-24,31-32H,9-19H2,1-8H3. The first-order chi connectivity index (χ1) is 18.1. The van der Waals surface area contributed by atoms with Gasteiger partial charge in [0.05, 0.1) is 0 Å². The summed E-state index contributed by atoms with van der Waals surface area (Å²) in [6.07, 6.45) is 8.59. The predicted octanol–water partition coefficient (Wildman–Crippen LogP) is 4.67. The summed E-state index contributed by atoms with van der Waals surface area (Å²) in [5.41, 5.74) is -0.849. The first kappa shape index (κ1) is 32.0. The maximum Gasteiger partial charge on any atom is 0.308 e. The molecule has 0 amide bonds. The molecule has 220 valence electrons. The van der Waals surface area contributed by atoms with Crippen molar-refractivity contribution in [1.29, 1.82) is 0 Å². The van der Waals surface area contributed by atoms with Crippen LogP contribution < -0.4 is 0 Å². The molecule has 4 aliphatic rings. The van der Waals surface area contributed by atoms with Crippen LogP contribution in [-0.2, 0) is 28.6 Å². The second kappa shape index (κ2) is 13.0. The van der Waals surface area contributed by atoms with Gasteiger partial charge in [-0.25, -0.2) is 0 Å². The minimum absolute atomic E-state index is 0.146. The normalized spacial score (nSPS) is 28.8. The van der Waals surface area contributed by atoms with Crippen LogP contribution in [-0.4, -0.2) is 75.8 Å². The molecule has 0 spiro atoms. The van der Waals surface area contributed by atoms with Crippen LogP contribution in [0.5, 0.6) is 0 Å². The third-order valence-electron chi connectivity index (χ3n) is 9.48.